The van der Waals surface area contributed by atoms with E-state index in [2.05, 4.69) is 0 Å². The molecule has 0 saturated heterocycles. The van der Waals surface area contributed by atoms with Crippen molar-refractivity contribution in [3.63, 3.8) is 0 Å². The van der Waals surface area contributed by atoms with Gasteiger partial charge in [-0.25, -0.2) is 0 Å². The molecule has 0 heterocycles. The third-order valence-corrected chi connectivity index (χ3v) is 2.09. The minimum atomic E-state index is -0.273. The molecule has 16 heavy (non-hydrogen) atoms. The summed E-state index contributed by atoms with van der Waals surface area (Å²) in [7, 11) is 0. The van der Waals surface area contributed by atoms with Crippen LogP contribution in [0.4, 0.5) is 0 Å². The molecule has 3 heteroatoms. The van der Waals surface area contributed by atoms with Crippen LogP contribution in [0.1, 0.15) is 19.4 Å². The SMILES string of the molecule is CCOCC(OCC)OCc1ccccc1. The molecule has 0 aliphatic rings. The van der Waals surface area contributed by atoms with Crippen LogP contribution in [0.25, 0.3) is 0 Å². The van der Waals surface area contributed by atoms with Gasteiger partial charge in [-0.2, -0.15) is 0 Å². The highest BCUT2D eigenvalue weighted by Gasteiger charge is 2.08. The molecule has 0 spiro atoms. The van der Waals surface area contributed by atoms with E-state index in [0.717, 1.165) is 5.56 Å². The van der Waals surface area contributed by atoms with Crippen molar-refractivity contribution in [2.75, 3.05) is 19.8 Å². The molecule has 0 aliphatic heterocycles. The maximum absolute atomic E-state index is 5.62. The summed E-state index contributed by atoms with van der Waals surface area (Å²) in [4.78, 5) is 0. The Bertz CT molecular complexity index is 261. The molecular formula is C13H20O3. The average Bonchev–Trinajstić information content (AvgIpc) is 2.34. The smallest absolute Gasteiger partial charge is 0.181 e. The highest BCUT2D eigenvalue weighted by atomic mass is 16.7. The minimum absolute atomic E-state index is 0.273. The summed E-state index contributed by atoms with van der Waals surface area (Å²) in [6, 6.07) is 10.0. The first kappa shape index (κ1) is 13.2. The van der Waals surface area contributed by atoms with Gasteiger partial charge in [0.1, 0.15) is 0 Å². The lowest BCUT2D eigenvalue weighted by atomic mass is 10.2. The predicted octanol–water partition coefficient (Wildman–Crippen LogP) is 2.60. The molecule has 0 bridgehead atoms. The van der Waals surface area contributed by atoms with E-state index in [-0.39, 0.29) is 6.29 Å². The summed E-state index contributed by atoms with van der Waals surface area (Å²) in [5.74, 6) is 0. The van der Waals surface area contributed by atoms with Gasteiger partial charge in [0.25, 0.3) is 0 Å². The second-order valence-corrected chi connectivity index (χ2v) is 3.34. The van der Waals surface area contributed by atoms with Gasteiger partial charge in [0, 0.05) is 13.2 Å². The van der Waals surface area contributed by atoms with E-state index in [1.54, 1.807) is 0 Å². The van der Waals surface area contributed by atoms with E-state index in [1.807, 2.05) is 44.2 Å². The van der Waals surface area contributed by atoms with Gasteiger partial charge in [0.15, 0.2) is 6.29 Å². The molecule has 0 aromatic heterocycles. The molecule has 1 unspecified atom stereocenters. The van der Waals surface area contributed by atoms with Gasteiger partial charge in [0.2, 0.25) is 0 Å². The molecule has 1 rings (SSSR count). The van der Waals surface area contributed by atoms with E-state index >= 15 is 0 Å². The first-order chi connectivity index (χ1) is 7.86. The number of hydrogen-bond donors (Lipinski definition) is 0. The van der Waals surface area contributed by atoms with Crippen molar-refractivity contribution in [3.8, 4) is 0 Å². The topological polar surface area (TPSA) is 27.7 Å². The van der Waals surface area contributed by atoms with Crippen LogP contribution < -0.4 is 0 Å². The first-order valence-corrected chi connectivity index (χ1v) is 5.71. The van der Waals surface area contributed by atoms with E-state index in [4.69, 9.17) is 14.2 Å². The quantitative estimate of drug-likeness (QED) is 0.635. The zero-order valence-corrected chi connectivity index (χ0v) is 10.0. The summed E-state index contributed by atoms with van der Waals surface area (Å²) in [6.45, 7) is 6.26. The Hall–Kier alpha value is -0.900. The van der Waals surface area contributed by atoms with Crippen molar-refractivity contribution >= 4 is 0 Å². The Morgan fingerprint density at radius 1 is 1.00 bits per heavy atom. The zero-order chi connectivity index (χ0) is 11.6. The van der Waals surface area contributed by atoms with Crippen LogP contribution >= 0.6 is 0 Å². The van der Waals surface area contributed by atoms with Gasteiger partial charge in [0.05, 0.1) is 13.2 Å². The number of ether oxygens (including phenoxy) is 3. The zero-order valence-electron chi connectivity index (χ0n) is 10.0. The van der Waals surface area contributed by atoms with Crippen LogP contribution in [-0.2, 0) is 20.8 Å². The number of rotatable bonds is 8. The average molecular weight is 224 g/mol. The Kier molecular flexibility index (Phi) is 6.81. The van der Waals surface area contributed by atoms with Crippen LogP contribution in [0.2, 0.25) is 0 Å². The summed E-state index contributed by atoms with van der Waals surface area (Å²) in [6.07, 6.45) is -0.273. The summed E-state index contributed by atoms with van der Waals surface area (Å²) >= 11 is 0. The molecule has 0 N–H and O–H groups in total. The lowest BCUT2D eigenvalue weighted by Crippen LogP contribution is -2.23. The van der Waals surface area contributed by atoms with Crippen molar-refractivity contribution < 1.29 is 14.2 Å². The van der Waals surface area contributed by atoms with Gasteiger partial charge in [-0.15, -0.1) is 0 Å². The number of benzene rings is 1. The normalized spacial score (nSPS) is 12.6. The first-order valence-electron chi connectivity index (χ1n) is 5.71. The summed E-state index contributed by atoms with van der Waals surface area (Å²) in [5, 5.41) is 0. The second-order valence-electron chi connectivity index (χ2n) is 3.34. The van der Waals surface area contributed by atoms with Crippen molar-refractivity contribution in [2.24, 2.45) is 0 Å². The highest BCUT2D eigenvalue weighted by Crippen LogP contribution is 2.05. The maximum atomic E-state index is 5.62. The fraction of sp³-hybridized carbons (Fsp3) is 0.538. The molecule has 1 atom stereocenters. The second kappa shape index (κ2) is 8.28. The predicted molar refractivity (Wildman–Crippen MR) is 63.1 cm³/mol. The highest BCUT2D eigenvalue weighted by molar-refractivity contribution is 5.13. The molecular weight excluding hydrogens is 204 g/mol. The van der Waals surface area contributed by atoms with Crippen LogP contribution in [0, 0.1) is 0 Å². The monoisotopic (exact) mass is 224 g/mol. The maximum Gasteiger partial charge on any atom is 0.181 e. The largest absolute Gasteiger partial charge is 0.376 e. The van der Waals surface area contributed by atoms with E-state index in [0.29, 0.717) is 26.4 Å². The van der Waals surface area contributed by atoms with Crippen LogP contribution in [0.3, 0.4) is 0 Å². The molecule has 0 saturated carbocycles. The van der Waals surface area contributed by atoms with Gasteiger partial charge in [-0.3, -0.25) is 0 Å². The molecule has 0 amide bonds. The summed E-state index contributed by atoms with van der Waals surface area (Å²) in [5.41, 5.74) is 1.14. The Morgan fingerprint density at radius 2 is 1.75 bits per heavy atom. The number of hydrogen-bond acceptors (Lipinski definition) is 3. The van der Waals surface area contributed by atoms with E-state index < -0.39 is 0 Å². The van der Waals surface area contributed by atoms with E-state index in [1.165, 1.54) is 0 Å². The van der Waals surface area contributed by atoms with E-state index in [9.17, 15) is 0 Å². The van der Waals surface area contributed by atoms with Crippen LogP contribution in [0.5, 0.6) is 0 Å². The van der Waals surface area contributed by atoms with Gasteiger partial charge in [-0.05, 0) is 19.4 Å². The van der Waals surface area contributed by atoms with Crippen molar-refractivity contribution in [1.82, 2.24) is 0 Å². The lowest BCUT2D eigenvalue weighted by molar-refractivity contribution is -0.175. The fourth-order valence-corrected chi connectivity index (χ4v) is 1.31. The standard InChI is InChI=1S/C13H20O3/c1-3-14-11-13(15-4-2)16-10-12-8-6-5-7-9-12/h5-9,13H,3-4,10-11H2,1-2H3. The summed E-state index contributed by atoms with van der Waals surface area (Å²) < 4.78 is 16.3. The molecule has 90 valence electrons. The molecule has 0 aliphatic carbocycles. The Balaban J connectivity index is 2.31. The van der Waals surface area contributed by atoms with Gasteiger partial charge in [-0.1, -0.05) is 30.3 Å². The van der Waals surface area contributed by atoms with Gasteiger partial charge < -0.3 is 14.2 Å². The van der Waals surface area contributed by atoms with Crippen molar-refractivity contribution in [3.05, 3.63) is 35.9 Å². The molecule has 0 radical (unpaired) electrons. The molecule has 3 nitrogen and oxygen atoms in total. The van der Waals surface area contributed by atoms with Crippen molar-refractivity contribution in [1.29, 1.82) is 0 Å². The van der Waals surface area contributed by atoms with Crippen molar-refractivity contribution in [2.45, 2.75) is 26.7 Å². The lowest BCUT2D eigenvalue weighted by Gasteiger charge is -2.17. The minimum Gasteiger partial charge on any atom is -0.376 e. The molecule has 1 aromatic rings. The van der Waals surface area contributed by atoms with Crippen LogP contribution in [-0.4, -0.2) is 26.1 Å². The fourth-order valence-electron chi connectivity index (χ4n) is 1.31. The molecule has 1 aromatic carbocycles. The third kappa shape index (κ3) is 5.26. The third-order valence-electron chi connectivity index (χ3n) is 2.09. The van der Waals surface area contributed by atoms with Crippen LogP contribution in [0.15, 0.2) is 30.3 Å². The molecule has 0 fully saturated rings. The Morgan fingerprint density at radius 3 is 2.38 bits per heavy atom. The Labute approximate surface area is 97.3 Å². The van der Waals surface area contributed by atoms with Gasteiger partial charge >= 0.3 is 0 Å².